The first-order valence-electron chi connectivity index (χ1n) is 9.64. The van der Waals surface area contributed by atoms with Crippen LogP contribution in [0.15, 0.2) is 42.6 Å². The van der Waals surface area contributed by atoms with Crippen molar-refractivity contribution >= 4 is 0 Å². The fraction of sp³-hybridized carbons (Fsp3) is 0.364. The molecular formula is C22H26N4O. The van der Waals surface area contributed by atoms with Crippen LogP contribution >= 0.6 is 0 Å². The van der Waals surface area contributed by atoms with Gasteiger partial charge < -0.3 is 10.1 Å². The molecular weight excluding hydrogens is 336 g/mol. The molecule has 4 rings (SSSR count). The highest BCUT2D eigenvalue weighted by Crippen LogP contribution is 2.31. The zero-order chi connectivity index (χ0) is 18.8. The van der Waals surface area contributed by atoms with E-state index in [0.717, 1.165) is 49.6 Å². The van der Waals surface area contributed by atoms with Crippen molar-refractivity contribution in [3.8, 4) is 17.0 Å². The predicted octanol–water partition coefficient (Wildman–Crippen LogP) is 4.04. The lowest BCUT2D eigenvalue weighted by Crippen LogP contribution is -2.20. The van der Waals surface area contributed by atoms with Gasteiger partial charge in [-0.25, -0.2) is 4.98 Å². The Morgan fingerprint density at radius 1 is 1.26 bits per heavy atom. The summed E-state index contributed by atoms with van der Waals surface area (Å²) in [6.45, 7) is 7.27. The molecule has 0 spiro atoms. The number of phenolic OH excluding ortho intramolecular Hbond substituents is 1. The molecule has 0 bridgehead atoms. The van der Waals surface area contributed by atoms with E-state index in [-0.39, 0.29) is 5.75 Å². The molecule has 1 aliphatic heterocycles. The zero-order valence-electron chi connectivity index (χ0n) is 15.9. The van der Waals surface area contributed by atoms with Gasteiger partial charge in [0.05, 0.1) is 11.4 Å². The van der Waals surface area contributed by atoms with Gasteiger partial charge >= 0.3 is 0 Å². The van der Waals surface area contributed by atoms with E-state index >= 15 is 0 Å². The number of H-pyrrole nitrogens is 1. The Hall–Kier alpha value is -2.66. The van der Waals surface area contributed by atoms with Crippen LogP contribution in [0.2, 0.25) is 0 Å². The smallest absolute Gasteiger partial charge is 0.116 e. The molecule has 0 radical (unpaired) electrons. The van der Waals surface area contributed by atoms with Gasteiger partial charge in [-0.05, 0) is 55.6 Å². The third-order valence-corrected chi connectivity index (χ3v) is 5.41. The lowest BCUT2D eigenvalue weighted by molar-refractivity contribution is 0.322. The average Bonchev–Trinajstić information content (AvgIpc) is 3.29. The Labute approximate surface area is 160 Å². The maximum atomic E-state index is 9.73. The molecule has 1 fully saturated rings. The summed E-state index contributed by atoms with van der Waals surface area (Å²) in [6.07, 6.45) is 3.97. The van der Waals surface area contributed by atoms with E-state index < -0.39 is 0 Å². The number of phenols is 1. The number of likely N-dealkylation sites (tertiary alicyclic amines) is 1. The quantitative estimate of drug-likeness (QED) is 0.719. The van der Waals surface area contributed by atoms with Crippen LogP contribution in [0.1, 0.15) is 42.0 Å². The molecule has 1 atom stereocenters. The minimum atomic E-state index is 0.271. The van der Waals surface area contributed by atoms with E-state index in [9.17, 15) is 5.11 Å². The van der Waals surface area contributed by atoms with E-state index in [1.807, 2.05) is 18.3 Å². The number of aromatic nitrogens is 3. The van der Waals surface area contributed by atoms with Gasteiger partial charge in [0.15, 0.2) is 0 Å². The molecule has 2 aromatic heterocycles. The first kappa shape index (κ1) is 17.7. The second-order valence-electron chi connectivity index (χ2n) is 7.35. The third-order valence-electron chi connectivity index (χ3n) is 5.41. The molecule has 5 heteroatoms. The Morgan fingerprint density at radius 3 is 2.93 bits per heavy atom. The summed E-state index contributed by atoms with van der Waals surface area (Å²) < 4.78 is 0. The summed E-state index contributed by atoms with van der Waals surface area (Å²) in [4.78, 5) is 15.1. The van der Waals surface area contributed by atoms with Crippen LogP contribution in [-0.2, 0) is 13.0 Å². The number of nitrogens with zero attached hydrogens (tertiary/aromatic N) is 3. The monoisotopic (exact) mass is 362 g/mol. The molecule has 1 unspecified atom stereocenters. The van der Waals surface area contributed by atoms with E-state index in [1.165, 1.54) is 17.0 Å². The Bertz CT molecular complexity index is 934. The molecule has 27 heavy (non-hydrogen) atoms. The summed E-state index contributed by atoms with van der Waals surface area (Å²) in [5.74, 6) is 1.85. The van der Waals surface area contributed by atoms with Crippen LogP contribution in [0.3, 0.4) is 0 Å². The molecule has 5 nitrogen and oxygen atoms in total. The average molecular weight is 362 g/mol. The Balaban J connectivity index is 1.47. The molecule has 0 amide bonds. The minimum absolute atomic E-state index is 0.271. The summed E-state index contributed by atoms with van der Waals surface area (Å²) in [7, 11) is 0. The van der Waals surface area contributed by atoms with Gasteiger partial charge in [0, 0.05) is 37.0 Å². The molecule has 1 saturated heterocycles. The highest BCUT2D eigenvalue weighted by atomic mass is 16.3. The SMILES string of the molecule is CCc1nc(CN2CCC(c3ccnc(-c4cccc(O)c4)c3)C2)c(C)[nH]1. The number of benzene rings is 1. The first-order valence-corrected chi connectivity index (χ1v) is 9.64. The number of aryl methyl sites for hydroxylation is 2. The van der Waals surface area contributed by atoms with E-state index in [1.54, 1.807) is 12.1 Å². The molecule has 140 valence electrons. The van der Waals surface area contributed by atoms with Crippen LogP contribution < -0.4 is 0 Å². The molecule has 0 saturated carbocycles. The number of aromatic amines is 1. The number of pyridine rings is 1. The summed E-state index contributed by atoms with van der Waals surface area (Å²) in [5.41, 5.74) is 5.54. The molecule has 2 N–H and O–H groups in total. The largest absolute Gasteiger partial charge is 0.508 e. The minimum Gasteiger partial charge on any atom is -0.508 e. The van der Waals surface area contributed by atoms with E-state index in [4.69, 9.17) is 4.98 Å². The number of hydrogen-bond acceptors (Lipinski definition) is 4. The van der Waals surface area contributed by atoms with Crippen molar-refractivity contribution in [1.82, 2.24) is 19.9 Å². The third kappa shape index (κ3) is 3.88. The molecule has 1 aliphatic rings. The van der Waals surface area contributed by atoms with Crippen molar-refractivity contribution in [1.29, 1.82) is 0 Å². The summed E-state index contributed by atoms with van der Waals surface area (Å²) in [5, 5.41) is 9.73. The van der Waals surface area contributed by atoms with Crippen molar-refractivity contribution in [2.75, 3.05) is 13.1 Å². The maximum absolute atomic E-state index is 9.73. The van der Waals surface area contributed by atoms with Crippen molar-refractivity contribution in [3.63, 3.8) is 0 Å². The molecule has 3 aromatic rings. The topological polar surface area (TPSA) is 65.0 Å². The lowest BCUT2D eigenvalue weighted by atomic mass is 9.97. The molecule has 0 aliphatic carbocycles. The number of rotatable bonds is 5. The van der Waals surface area contributed by atoms with Crippen molar-refractivity contribution in [2.45, 2.75) is 39.2 Å². The number of nitrogens with one attached hydrogen (secondary N) is 1. The summed E-state index contributed by atoms with van der Waals surface area (Å²) in [6, 6.07) is 11.6. The molecule has 1 aromatic carbocycles. The van der Waals surface area contributed by atoms with Gasteiger partial charge in [-0.2, -0.15) is 0 Å². The fourth-order valence-corrected chi connectivity index (χ4v) is 3.87. The number of imidazole rings is 1. The van der Waals surface area contributed by atoms with Crippen molar-refractivity contribution < 1.29 is 5.11 Å². The van der Waals surface area contributed by atoms with Crippen molar-refractivity contribution in [2.24, 2.45) is 0 Å². The van der Waals surface area contributed by atoms with Gasteiger partial charge in [-0.3, -0.25) is 9.88 Å². The summed E-state index contributed by atoms with van der Waals surface area (Å²) >= 11 is 0. The standard InChI is InChI=1S/C22H26N4O/c1-3-22-24-15(2)21(25-22)14-26-10-8-18(13-26)16-7-9-23-20(12-16)17-5-4-6-19(27)11-17/h4-7,9,11-12,18,27H,3,8,10,13-14H2,1-2H3,(H,24,25). The van der Waals surface area contributed by atoms with Crippen LogP contribution in [0, 0.1) is 6.92 Å². The van der Waals surface area contributed by atoms with Gasteiger partial charge in [0.25, 0.3) is 0 Å². The highest BCUT2D eigenvalue weighted by Gasteiger charge is 2.25. The van der Waals surface area contributed by atoms with Crippen LogP contribution in [0.4, 0.5) is 0 Å². The maximum Gasteiger partial charge on any atom is 0.116 e. The Kier molecular flexibility index (Phi) is 4.94. The highest BCUT2D eigenvalue weighted by molar-refractivity contribution is 5.61. The van der Waals surface area contributed by atoms with Gasteiger partial charge in [-0.15, -0.1) is 0 Å². The second kappa shape index (κ2) is 7.53. The van der Waals surface area contributed by atoms with Gasteiger partial charge in [0.2, 0.25) is 0 Å². The second-order valence-corrected chi connectivity index (χ2v) is 7.35. The normalized spacial score (nSPS) is 17.5. The van der Waals surface area contributed by atoms with E-state index in [0.29, 0.717) is 5.92 Å². The van der Waals surface area contributed by atoms with Crippen LogP contribution in [0.5, 0.6) is 5.75 Å². The van der Waals surface area contributed by atoms with Crippen molar-refractivity contribution in [3.05, 3.63) is 65.4 Å². The Morgan fingerprint density at radius 2 is 2.15 bits per heavy atom. The van der Waals surface area contributed by atoms with Gasteiger partial charge in [0.1, 0.15) is 11.6 Å². The van der Waals surface area contributed by atoms with Crippen LogP contribution in [-0.4, -0.2) is 38.0 Å². The van der Waals surface area contributed by atoms with Crippen LogP contribution in [0.25, 0.3) is 11.3 Å². The number of aromatic hydroxyl groups is 1. The van der Waals surface area contributed by atoms with Gasteiger partial charge in [-0.1, -0.05) is 19.1 Å². The zero-order valence-corrected chi connectivity index (χ0v) is 15.9. The predicted molar refractivity (Wildman–Crippen MR) is 107 cm³/mol. The lowest BCUT2D eigenvalue weighted by Gasteiger charge is -2.16. The fourth-order valence-electron chi connectivity index (χ4n) is 3.87. The number of hydrogen-bond donors (Lipinski definition) is 2. The van der Waals surface area contributed by atoms with E-state index in [2.05, 4.69) is 40.8 Å². The first-order chi connectivity index (χ1) is 13.1. The molecule has 3 heterocycles.